The van der Waals surface area contributed by atoms with E-state index in [-0.39, 0.29) is 6.61 Å². The Labute approximate surface area is 51.4 Å². The van der Waals surface area contributed by atoms with Gasteiger partial charge in [0.2, 0.25) is 0 Å². The first-order valence-corrected chi connectivity index (χ1v) is 2.47. The zero-order valence-electron chi connectivity index (χ0n) is 5.89. The molecule has 2 heteroatoms. The van der Waals surface area contributed by atoms with E-state index in [9.17, 15) is 0 Å². The van der Waals surface area contributed by atoms with Crippen molar-refractivity contribution in [2.75, 3.05) is 27.7 Å². The summed E-state index contributed by atoms with van der Waals surface area (Å²) in [7, 11) is 6.00. The maximum absolute atomic E-state index is 7.76. The average Bonchev–Trinajstić information content (AvgIpc) is 1.65. The zero-order chi connectivity index (χ0) is 6.99. The van der Waals surface area contributed by atoms with Gasteiger partial charge in [-0.1, -0.05) is 6.08 Å². The van der Waals surface area contributed by atoms with Crippen LogP contribution in [0.2, 0.25) is 0 Å². The van der Waals surface area contributed by atoms with Gasteiger partial charge in [0.15, 0.2) is 0 Å². The Balaban J connectivity index is 0. The van der Waals surface area contributed by atoms with E-state index >= 15 is 0 Å². The number of hydrogen-bond donors (Lipinski definition) is 1. The molecule has 0 aromatic heterocycles. The topological polar surface area (TPSA) is 23.5 Å². The van der Waals surface area contributed by atoms with Crippen molar-refractivity contribution in [3.05, 3.63) is 12.7 Å². The second kappa shape index (κ2) is 9.83. The molecule has 2 nitrogen and oxygen atoms in total. The predicted octanol–water partition coefficient (Wildman–Crippen LogP) is 0.343. The van der Waals surface area contributed by atoms with E-state index in [4.69, 9.17) is 5.11 Å². The lowest BCUT2D eigenvalue weighted by molar-refractivity contribution is 0.343. The molecule has 0 radical (unpaired) electrons. The third-order valence-corrected chi connectivity index (χ3v) is 0.129. The molecule has 0 fully saturated rings. The minimum Gasteiger partial charge on any atom is -0.392 e. The molecule has 0 bridgehead atoms. The van der Waals surface area contributed by atoms with E-state index in [0.717, 1.165) is 0 Å². The van der Waals surface area contributed by atoms with Crippen LogP contribution in [0.4, 0.5) is 0 Å². The predicted molar refractivity (Wildman–Crippen MR) is 36.9 cm³/mol. The molecule has 0 aliphatic rings. The van der Waals surface area contributed by atoms with E-state index in [2.05, 4.69) is 6.58 Å². The van der Waals surface area contributed by atoms with Crippen LogP contribution in [0.1, 0.15) is 0 Å². The highest BCUT2D eigenvalue weighted by atomic mass is 16.2. The number of aliphatic hydroxyl groups is 1. The molecular weight excluding hydrogens is 102 g/mol. The van der Waals surface area contributed by atoms with E-state index in [1.807, 2.05) is 26.0 Å². The first kappa shape index (κ1) is 10.6. The summed E-state index contributed by atoms with van der Waals surface area (Å²) >= 11 is 0. The smallest absolute Gasteiger partial charge is 0.0609 e. The summed E-state index contributed by atoms with van der Waals surface area (Å²) in [4.78, 5) is 2.00. The quantitative estimate of drug-likeness (QED) is 0.501. The highest BCUT2D eigenvalue weighted by Crippen LogP contribution is 1.47. The Morgan fingerprint density at radius 2 is 1.62 bits per heavy atom. The van der Waals surface area contributed by atoms with Crippen molar-refractivity contribution in [1.82, 2.24) is 4.90 Å². The molecule has 0 aliphatic heterocycles. The summed E-state index contributed by atoms with van der Waals surface area (Å²) in [5.74, 6) is 0. The lowest BCUT2D eigenvalue weighted by Crippen LogP contribution is -1.99. The second-order valence-corrected chi connectivity index (χ2v) is 1.81. The summed E-state index contributed by atoms with van der Waals surface area (Å²) in [6, 6.07) is 0. The van der Waals surface area contributed by atoms with Crippen molar-refractivity contribution < 1.29 is 5.11 Å². The van der Waals surface area contributed by atoms with Gasteiger partial charge < -0.3 is 10.0 Å². The van der Waals surface area contributed by atoms with Crippen LogP contribution in [0, 0.1) is 0 Å². The Kier molecular flexibility index (Phi) is 13.0. The molecule has 0 spiro atoms. The summed E-state index contributed by atoms with van der Waals surface area (Å²) in [6.45, 7) is 3.31. The molecule has 50 valence electrons. The Morgan fingerprint density at radius 1 is 1.50 bits per heavy atom. The molecule has 0 unspecified atom stereocenters. The van der Waals surface area contributed by atoms with Crippen LogP contribution in [0.3, 0.4) is 0 Å². The van der Waals surface area contributed by atoms with Crippen molar-refractivity contribution in [3.8, 4) is 0 Å². The van der Waals surface area contributed by atoms with Crippen LogP contribution in [0.25, 0.3) is 0 Å². The third kappa shape index (κ3) is 282. The third-order valence-electron chi connectivity index (χ3n) is 0.129. The van der Waals surface area contributed by atoms with E-state index in [0.29, 0.717) is 0 Å². The molecule has 1 N–H and O–H groups in total. The highest BCUT2D eigenvalue weighted by Gasteiger charge is 1.58. The molecule has 0 rings (SSSR count). The highest BCUT2D eigenvalue weighted by molar-refractivity contribution is 4.60. The fourth-order valence-electron chi connectivity index (χ4n) is 0. The Morgan fingerprint density at radius 3 is 1.62 bits per heavy atom. The van der Waals surface area contributed by atoms with Crippen LogP contribution in [-0.2, 0) is 0 Å². The molecule has 0 aromatic carbocycles. The first-order chi connectivity index (χ1) is 3.65. The minimum atomic E-state index is 0.0833. The summed E-state index contributed by atoms with van der Waals surface area (Å²) in [5, 5.41) is 7.76. The van der Waals surface area contributed by atoms with Gasteiger partial charge in [0, 0.05) is 0 Å². The molecule has 0 atom stereocenters. The van der Waals surface area contributed by atoms with Gasteiger partial charge in [0.1, 0.15) is 0 Å². The van der Waals surface area contributed by atoms with Crippen LogP contribution in [0.15, 0.2) is 12.7 Å². The van der Waals surface area contributed by atoms with E-state index < -0.39 is 0 Å². The number of rotatable bonds is 1. The largest absolute Gasteiger partial charge is 0.392 e. The van der Waals surface area contributed by atoms with Gasteiger partial charge in [-0.3, -0.25) is 0 Å². The van der Waals surface area contributed by atoms with Gasteiger partial charge in [-0.05, 0) is 21.1 Å². The molecule has 0 saturated heterocycles. The molecule has 0 aromatic rings. The van der Waals surface area contributed by atoms with Gasteiger partial charge >= 0.3 is 0 Å². The van der Waals surface area contributed by atoms with Gasteiger partial charge in [0.05, 0.1) is 6.61 Å². The average molecular weight is 117 g/mol. The van der Waals surface area contributed by atoms with Crippen molar-refractivity contribution in [3.63, 3.8) is 0 Å². The molecule has 0 heterocycles. The van der Waals surface area contributed by atoms with Crippen LogP contribution >= 0.6 is 0 Å². The Bertz CT molecular complexity index is 41.0. The molecular formula is C6H15NO. The van der Waals surface area contributed by atoms with Crippen LogP contribution in [0.5, 0.6) is 0 Å². The first-order valence-electron chi connectivity index (χ1n) is 2.47. The number of nitrogens with zero attached hydrogens (tertiary/aromatic N) is 1. The molecule has 8 heavy (non-hydrogen) atoms. The normalized spacial score (nSPS) is 7.62. The Hall–Kier alpha value is -0.340. The number of aliphatic hydroxyl groups excluding tert-OH is 1. The van der Waals surface area contributed by atoms with E-state index in [1.165, 1.54) is 6.08 Å². The SMILES string of the molecule is C=CCO.CN(C)C. The second-order valence-electron chi connectivity index (χ2n) is 1.81. The maximum Gasteiger partial charge on any atom is 0.0609 e. The van der Waals surface area contributed by atoms with Gasteiger partial charge in [-0.2, -0.15) is 0 Å². The molecule has 0 aliphatic carbocycles. The molecule has 0 saturated carbocycles. The van der Waals surface area contributed by atoms with Crippen molar-refractivity contribution in [1.29, 1.82) is 0 Å². The van der Waals surface area contributed by atoms with E-state index in [1.54, 1.807) is 0 Å². The standard InChI is InChI=1S/C3H9N.C3H6O/c1-4(2)3;1-2-3-4/h1-3H3;2,4H,1,3H2. The summed E-state index contributed by atoms with van der Waals surface area (Å²) in [5.41, 5.74) is 0. The lowest BCUT2D eigenvalue weighted by Gasteiger charge is -1.90. The minimum absolute atomic E-state index is 0.0833. The van der Waals surface area contributed by atoms with Gasteiger partial charge in [-0.15, -0.1) is 6.58 Å². The summed E-state index contributed by atoms with van der Waals surface area (Å²) < 4.78 is 0. The fourth-order valence-corrected chi connectivity index (χ4v) is 0. The van der Waals surface area contributed by atoms with Crippen molar-refractivity contribution in [2.45, 2.75) is 0 Å². The van der Waals surface area contributed by atoms with Gasteiger partial charge in [-0.25, -0.2) is 0 Å². The fraction of sp³-hybridized carbons (Fsp3) is 0.667. The van der Waals surface area contributed by atoms with Crippen molar-refractivity contribution in [2.24, 2.45) is 0 Å². The van der Waals surface area contributed by atoms with Gasteiger partial charge in [0.25, 0.3) is 0 Å². The zero-order valence-corrected chi connectivity index (χ0v) is 5.89. The van der Waals surface area contributed by atoms with Crippen LogP contribution < -0.4 is 0 Å². The number of hydrogen-bond acceptors (Lipinski definition) is 2. The summed E-state index contributed by atoms with van der Waals surface area (Å²) in [6.07, 6.45) is 1.43. The lowest BCUT2D eigenvalue weighted by atomic mass is 10.7. The monoisotopic (exact) mass is 117 g/mol. The van der Waals surface area contributed by atoms with Crippen molar-refractivity contribution >= 4 is 0 Å². The maximum atomic E-state index is 7.76. The molecule has 0 amide bonds. The van der Waals surface area contributed by atoms with Crippen LogP contribution in [-0.4, -0.2) is 37.8 Å².